The first-order chi connectivity index (χ1) is 10.7. The van der Waals surface area contributed by atoms with Gasteiger partial charge in [0.2, 0.25) is 11.8 Å². The van der Waals surface area contributed by atoms with Crippen molar-refractivity contribution in [2.75, 3.05) is 26.2 Å². The molecule has 0 aromatic heterocycles. The van der Waals surface area contributed by atoms with Crippen molar-refractivity contribution in [1.82, 2.24) is 9.80 Å². The zero-order valence-electron chi connectivity index (χ0n) is 12.4. The van der Waals surface area contributed by atoms with Crippen LogP contribution in [0, 0.1) is 11.3 Å². The second kappa shape index (κ2) is 7.99. The van der Waals surface area contributed by atoms with E-state index in [4.69, 9.17) is 5.26 Å². The first-order valence-electron chi connectivity index (χ1n) is 7.37. The summed E-state index contributed by atoms with van der Waals surface area (Å²) in [4.78, 5) is 27.3. The number of hydrogen-bond acceptors (Lipinski definition) is 3. The lowest BCUT2D eigenvalue weighted by atomic mass is 10.2. The highest BCUT2D eigenvalue weighted by Gasteiger charge is 2.20. The van der Waals surface area contributed by atoms with E-state index in [2.05, 4.69) is 0 Å². The van der Waals surface area contributed by atoms with Crippen LogP contribution in [0.25, 0.3) is 6.08 Å². The van der Waals surface area contributed by atoms with Gasteiger partial charge >= 0.3 is 0 Å². The molecule has 1 aliphatic heterocycles. The Morgan fingerprint density at radius 2 is 1.77 bits per heavy atom. The van der Waals surface area contributed by atoms with E-state index in [1.54, 1.807) is 22.0 Å². The molecule has 0 spiro atoms. The van der Waals surface area contributed by atoms with E-state index in [1.165, 1.54) is 0 Å². The number of rotatable bonds is 3. The molecule has 22 heavy (non-hydrogen) atoms. The van der Waals surface area contributed by atoms with Crippen LogP contribution < -0.4 is 0 Å². The van der Waals surface area contributed by atoms with Crippen LogP contribution in [0.15, 0.2) is 36.4 Å². The lowest BCUT2D eigenvalue weighted by molar-refractivity contribution is -0.131. The van der Waals surface area contributed by atoms with Crippen LogP contribution in [0.1, 0.15) is 18.4 Å². The molecule has 0 bridgehead atoms. The normalized spacial score (nSPS) is 15.4. The van der Waals surface area contributed by atoms with Gasteiger partial charge in [-0.3, -0.25) is 9.59 Å². The molecule has 0 radical (unpaired) electrons. The highest BCUT2D eigenvalue weighted by atomic mass is 16.2. The Kier molecular flexibility index (Phi) is 5.73. The average molecular weight is 297 g/mol. The van der Waals surface area contributed by atoms with Gasteiger partial charge in [0.1, 0.15) is 6.42 Å². The lowest BCUT2D eigenvalue weighted by Crippen LogP contribution is -2.36. The van der Waals surface area contributed by atoms with Crippen LogP contribution in [-0.2, 0) is 9.59 Å². The molecule has 0 atom stereocenters. The fraction of sp³-hybridized carbons (Fsp3) is 0.353. The molecule has 2 amide bonds. The summed E-state index contributed by atoms with van der Waals surface area (Å²) in [5, 5.41) is 8.58. The zero-order chi connectivity index (χ0) is 15.8. The predicted octanol–water partition coefficient (Wildman–Crippen LogP) is 1.67. The molecule has 0 saturated carbocycles. The quantitative estimate of drug-likeness (QED) is 0.797. The Morgan fingerprint density at radius 3 is 2.50 bits per heavy atom. The van der Waals surface area contributed by atoms with Gasteiger partial charge in [-0.15, -0.1) is 0 Å². The number of nitrogens with zero attached hydrogens (tertiary/aromatic N) is 3. The van der Waals surface area contributed by atoms with Gasteiger partial charge in [0, 0.05) is 32.3 Å². The van der Waals surface area contributed by atoms with E-state index in [9.17, 15) is 9.59 Å². The molecular formula is C17H19N3O2. The molecule has 0 unspecified atom stereocenters. The van der Waals surface area contributed by atoms with Crippen molar-refractivity contribution >= 4 is 17.9 Å². The Balaban J connectivity index is 1.91. The van der Waals surface area contributed by atoms with Crippen LogP contribution in [0.5, 0.6) is 0 Å². The lowest BCUT2D eigenvalue weighted by Gasteiger charge is -2.20. The summed E-state index contributed by atoms with van der Waals surface area (Å²) in [6.07, 6.45) is 4.01. The third-order valence-electron chi connectivity index (χ3n) is 3.61. The van der Waals surface area contributed by atoms with E-state index < -0.39 is 0 Å². The maximum atomic E-state index is 12.2. The predicted molar refractivity (Wildman–Crippen MR) is 83.5 cm³/mol. The van der Waals surface area contributed by atoms with E-state index in [-0.39, 0.29) is 18.2 Å². The highest BCUT2D eigenvalue weighted by molar-refractivity contribution is 5.91. The third kappa shape index (κ3) is 4.45. The Hall–Kier alpha value is -2.61. The summed E-state index contributed by atoms with van der Waals surface area (Å²) in [6, 6.07) is 11.5. The minimum Gasteiger partial charge on any atom is -0.340 e. The van der Waals surface area contributed by atoms with Gasteiger partial charge in [0.05, 0.1) is 6.07 Å². The molecule has 0 N–H and O–H groups in total. The van der Waals surface area contributed by atoms with E-state index in [0.717, 1.165) is 12.0 Å². The topological polar surface area (TPSA) is 64.4 Å². The average Bonchev–Trinajstić information content (AvgIpc) is 2.80. The molecule has 1 fully saturated rings. The summed E-state index contributed by atoms with van der Waals surface area (Å²) in [5.74, 6) is -0.199. The fourth-order valence-electron chi connectivity index (χ4n) is 2.40. The monoisotopic (exact) mass is 297 g/mol. The van der Waals surface area contributed by atoms with Crippen molar-refractivity contribution in [3.63, 3.8) is 0 Å². The molecular weight excluding hydrogens is 278 g/mol. The first kappa shape index (κ1) is 15.8. The summed E-state index contributed by atoms with van der Waals surface area (Å²) >= 11 is 0. The maximum Gasteiger partial charge on any atom is 0.246 e. The molecule has 1 aliphatic rings. The fourth-order valence-corrected chi connectivity index (χ4v) is 2.40. The summed E-state index contributed by atoms with van der Waals surface area (Å²) < 4.78 is 0. The number of carbonyl (C=O) groups excluding carboxylic acids is 2. The van der Waals surface area contributed by atoms with Crippen LogP contribution in [0.2, 0.25) is 0 Å². The molecule has 114 valence electrons. The standard InChI is InChI=1S/C17H19N3O2/c18-10-9-17(22)20-12-4-11-19(13-14-20)16(21)8-7-15-5-2-1-3-6-15/h1-3,5-8H,4,9,11-14H2/b8-7+. The molecule has 2 rings (SSSR count). The minimum atomic E-state index is -0.156. The van der Waals surface area contributed by atoms with E-state index in [0.29, 0.717) is 26.2 Å². The maximum absolute atomic E-state index is 12.2. The summed E-state index contributed by atoms with van der Waals surface area (Å²) in [6.45, 7) is 2.24. The second-order valence-corrected chi connectivity index (χ2v) is 5.14. The Bertz CT molecular complexity index is 590. The Labute approximate surface area is 130 Å². The van der Waals surface area contributed by atoms with Gasteiger partial charge < -0.3 is 9.80 Å². The van der Waals surface area contributed by atoms with Gasteiger partial charge in [-0.25, -0.2) is 0 Å². The smallest absolute Gasteiger partial charge is 0.246 e. The van der Waals surface area contributed by atoms with Crippen molar-refractivity contribution in [3.8, 4) is 6.07 Å². The van der Waals surface area contributed by atoms with Gasteiger partial charge in [0.25, 0.3) is 0 Å². The van der Waals surface area contributed by atoms with Crippen molar-refractivity contribution in [2.24, 2.45) is 0 Å². The number of amides is 2. The largest absolute Gasteiger partial charge is 0.340 e. The van der Waals surface area contributed by atoms with Gasteiger partial charge in [-0.05, 0) is 18.1 Å². The van der Waals surface area contributed by atoms with E-state index in [1.807, 2.05) is 36.4 Å². The third-order valence-corrected chi connectivity index (χ3v) is 3.61. The number of carbonyl (C=O) groups is 2. The van der Waals surface area contributed by atoms with Gasteiger partial charge in [-0.1, -0.05) is 30.3 Å². The Morgan fingerprint density at radius 1 is 1.09 bits per heavy atom. The minimum absolute atomic E-state index is 0.0431. The number of nitriles is 1. The molecule has 0 aliphatic carbocycles. The van der Waals surface area contributed by atoms with Crippen molar-refractivity contribution < 1.29 is 9.59 Å². The molecule has 1 aromatic rings. The SMILES string of the molecule is N#CCC(=O)N1CCCN(C(=O)/C=C/c2ccccc2)CC1. The van der Waals surface area contributed by atoms with Crippen molar-refractivity contribution in [2.45, 2.75) is 12.8 Å². The van der Waals surface area contributed by atoms with Crippen molar-refractivity contribution in [1.29, 1.82) is 5.26 Å². The second-order valence-electron chi connectivity index (χ2n) is 5.14. The summed E-state index contributed by atoms with van der Waals surface area (Å²) in [5.41, 5.74) is 0.983. The van der Waals surface area contributed by atoms with Crippen LogP contribution in [0.4, 0.5) is 0 Å². The van der Waals surface area contributed by atoms with Gasteiger partial charge in [0.15, 0.2) is 0 Å². The first-order valence-corrected chi connectivity index (χ1v) is 7.37. The van der Waals surface area contributed by atoms with Crippen LogP contribution >= 0.6 is 0 Å². The van der Waals surface area contributed by atoms with Crippen molar-refractivity contribution in [3.05, 3.63) is 42.0 Å². The molecule has 1 saturated heterocycles. The van der Waals surface area contributed by atoms with Crippen LogP contribution in [-0.4, -0.2) is 47.8 Å². The number of hydrogen-bond donors (Lipinski definition) is 0. The molecule has 5 nitrogen and oxygen atoms in total. The van der Waals surface area contributed by atoms with Gasteiger partial charge in [-0.2, -0.15) is 5.26 Å². The molecule has 1 aromatic carbocycles. The molecule has 1 heterocycles. The van der Waals surface area contributed by atoms with E-state index >= 15 is 0 Å². The van der Waals surface area contributed by atoms with Crippen LogP contribution in [0.3, 0.4) is 0 Å². The molecule has 5 heteroatoms. The summed E-state index contributed by atoms with van der Waals surface area (Å²) in [7, 11) is 0. The highest BCUT2D eigenvalue weighted by Crippen LogP contribution is 2.07. The number of benzene rings is 1. The zero-order valence-corrected chi connectivity index (χ0v) is 12.4.